The van der Waals surface area contributed by atoms with Crippen LogP contribution in [-0.4, -0.2) is 12.6 Å². The van der Waals surface area contributed by atoms with Crippen LogP contribution in [0.25, 0.3) is 0 Å². The monoisotopic (exact) mass is 86.1 g/mol. The van der Waals surface area contributed by atoms with Gasteiger partial charge >= 0.3 is 0 Å². The van der Waals surface area contributed by atoms with Gasteiger partial charge in [-0.2, -0.15) is 0 Å². The fourth-order valence-electron chi connectivity index (χ4n) is 0.442. The highest BCUT2D eigenvalue weighted by Crippen LogP contribution is 1.97. The molecule has 0 aromatic rings. The van der Waals surface area contributed by atoms with Gasteiger partial charge < -0.3 is 0 Å². The Labute approximate surface area is 37.4 Å². The summed E-state index contributed by atoms with van der Waals surface area (Å²) in [7, 11) is 0. The molecule has 0 bridgehead atoms. The molecule has 2 nitrogen and oxygen atoms in total. The molecule has 1 fully saturated rings. The molecule has 1 unspecified atom stereocenters. The van der Waals surface area contributed by atoms with E-state index in [1.807, 2.05) is 6.92 Å². The summed E-state index contributed by atoms with van der Waals surface area (Å²) in [6, 6.07) is 0. The first-order valence-electron chi connectivity index (χ1n) is 2.11. The van der Waals surface area contributed by atoms with Gasteiger partial charge in [0.15, 0.2) is 0 Å². The highest BCUT2D eigenvalue weighted by atomic mass is 16.7. The average molecular weight is 86.1 g/mol. The summed E-state index contributed by atoms with van der Waals surface area (Å²) < 4.78 is 0. The number of hydrogen-bond donors (Lipinski definition) is 1. The number of rotatable bonds is 0. The van der Waals surface area contributed by atoms with Gasteiger partial charge in [0.1, 0.15) is 0 Å². The highest BCUT2D eigenvalue weighted by molar-refractivity contribution is 4.77. The van der Waals surface area contributed by atoms with Crippen molar-refractivity contribution in [1.29, 1.82) is 0 Å². The van der Waals surface area contributed by atoms with Crippen LogP contribution in [0, 0.1) is 6.42 Å². The van der Waals surface area contributed by atoms with Crippen molar-refractivity contribution >= 4 is 0 Å². The fourth-order valence-corrected chi connectivity index (χ4v) is 0.442. The highest BCUT2D eigenvalue weighted by Gasteiger charge is 2.07. The van der Waals surface area contributed by atoms with Crippen LogP contribution in [0.1, 0.15) is 6.92 Å². The van der Waals surface area contributed by atoms with E-state index in [1.54, 1.807) is 0 Å². The molecule has 1 saturated heterocycles. The van der Waals surface area contributed by atoms with Crippen LogP contribution in [0.4, 0.5) is 0 Å². The Morgan fingerprint density at radius 2 is 2.83 bits per heavy atom. The lowest BCUT2D eigenvalue weighted by Crippen LogP contribution is -2.05. The molecule has 0 aromatic heterocycles. The van der Waals surface area contributed by atoms with E-state index in [0.29, 0.717) is 6.10 Å². The Kier molecular flexibility index (Phi) is 1.08. The van der Waals surface area contributed by atoms with Gasteiger partial charge in [0, 0.05) is 13.0 Å². The van der Waals surface area contributed by atoms with Gasteiger partial charge in [0.2, 0.25) is 0 Å². The predicted octanol–water partition coefficient (Wildman–Crippen LogP) is 0.114. The van der Waals surface area contributed by atoms with E-state index in [2.05, 4.69) is 11.9 Å². The van der Waals surface area contributed by atoms with E-state index in [4.69, 9.17) is 4.84 Å². The second-order valence-electron chi connectivity index (χ2n) is 1.41. The summed E-state index contributed by atoms with van der Waals surface area (Å²) in [4.78, 5) is 4.85. The molecule has 0 spiro atoms. The smallest absolute Gasteiger partial charge is 0.0807 e. The van der Waals surface area contributed by atoms with Crippen molar-refractivity contribution in [2.45, 2.75) is 13.0 Å². The van der Waals surface area contributed by atoms with Crippen LogP contribution < -0.4 is 5.48 Å². The Balaban J connectivity index is 2.18. The van der Waals surface area contributed by atoms with Crippen molar-refractivity contribution in [2.75, 3.05) is 6.54 Å². The van der Waals surface area contributed by atoms with Crippen molar-refractivity contribution < 1.29 is 4.84 Å². The van der Waals surface area contributed by atoms with Gasteiger partial charge in [-0.15, -0.1) is 0 Å². The van der Waals surface area contributed by atoms with Gasteiger partial charge in [-0.1, -0.05) is 0 Å². The standard InChI is InChI=1S/C4H8NO/c1-4-2-3-5-6-4/h2,4-5H,3H2,1H3. The molecule has 0 amide bonds. The third-order valence-electron chi connectivity index (χ3n) is 0.802. The second kappa shape index (κ2) is 1.58. The van der Waals surface area contributed by atoms with Crippen LogP contribution in [0.3, 0.4) is 0 Å². The molecule has 1 heterocycles. The maximum Gasteiger partial charge on any atom is 0.0807 e. The molecule has 1 aliphatic heterocycles. The normalized spacial score (nSPS) is 34.5. The minimum Gasteiger partial charge on any atom is -0.298 e. The Hall–Kier alpha value is -0.0800. The lowest BCUT2D eigenvalue weighted by atomic mass is 10.3. The third kappa shape index (κ3) is 0.698. The molecule has 1 aliphatic rings. The molecule has 0 saturated carbocycles. The van der Waals surface area contributed by atoms with E-state index < -0.39 is 0 Å². The lowest BCUT2D eigenvalue weighted by molar-refractivity contribution is 0.0519. The molecule has 2 heteroatoms. The third-order valence-corrected chi connectivity index (χ3v) is 0.802. The molecule has 0 aliphatic carbocycles. The van der Waals surface area contributed by atoms with Crippen molar-refractivity contribution in [3.05, 3.63) is 6.42 Å². The zero-order valence-corrected chi connectivity index (χ0v) is 3.77. The van der Waals surface area contributed by atoms with Gasteiger partial charge in [-0.05, 0) is 6.92 Å². The summed E-state index contributed by atoms with van der Waals surface area (Å²) in [5.41, 5.74) is 2.72. The van der Waals surface area contributed by atoms with Crippen molar-refractivity contribution in [2.24, 2.45) is 0 Å². The second-order valence-corrected chi connectivity index (χ2v) is 1.41. The number of nitrogens with one attached hydrogen (secondary N) is 1. The Morgan fingerprint density at radius 3 is 3.00 bits per heavy atom. The SMILES string of the molecule is CC1[CH]CNO1. The van der Waals surface area contributed by atoms with E-state index in [-0.39, 0.29) is 0 Å². The van der Waals surface area contributed by atoms with Crippen LogP contribution >= 0.6 is 0 Å². The summed E-state index contributed by atoms with van der Waals surface area (Å²) >= 11 is 0. The number of hydroxylamine groups is 1. The Bertz CT molecular complexity index is 40.8. The molecular weight excluding hydrogens is 78.0 g/mol. The van der Waals surface area contributed by atoms with Crippen molar-refractivity contribution in [3.8, 4) is 0 Å². The van der Waals surface area contributed by atoms with Crippen LogP contribution in [0.2, 0.25) is 0 Å². The molecule has 6 heavy (non-hydrogen) atoms. The van der Waals surface area contributed by atoms with Crippen LogP contribution in [-0.2, 0) is 4.84 Å². The van der Waals surface area contributed by atoms with Crippen LogP contribution in [0.5, 0.6) is 0 Å². The lowest BCUT2D eigenvalue weighted by Gasteiger charge is -1.92. The van der Waals surface area contributed by atoms with Gasteiger partial charge in [-0.3, -0.25) is 4.84 Å². The summed E-state index contributed by atoms with van der Waals surface area (Å²) in [6.45, 7) is 2.89. The molecule has 35 valence electrons. The zero-order valence-electron chi connectivity index (χ0n) is 3.77. The maximum absolute atomic E-state index is 4.85. The maximum atomic E-state index is 4.85. The minimum atomic E-state index is 0.310. The first-order chi connectivity index (χ1) is 2.89. The zero-order chi connectivity index (χ0) is 4.41. The molecule has 1 N–H and O–H groups in total. The van der Waals surface area contributed by atoms with E-state index in [1.165, 1.54) is 0 Å². The van der Waals surface area contributed by atoms with E-state index >= 15 is 0 Å². The molecule has 0 aromatic carbocycles. The van der Waals surface area contributed by atoms with Gasteiger partial charge in [0.25, 0.3) is 0 Å². The summed E-state index contributed by atoms with van der Waals surface area (Å²) in [5.74, 6) is 0. The van der Waals surface area contributed by atoms with Gasteiger partial charge in [-0.25, -0.2) is 5.48 Å². The summed E-state index contributed by atoms with van der Waals surface area (Å²) in [5, 5.41) is 0. The quantitative estimate of drug-likeness (QED) is 0.452. The van der Waals surface area contributed by atoms with Gasteiger partial charge in [0.05, 0.1) is 6.10 Å². The number of hydrogen-bond acceptors (Lipinski definition) is 2. The van der Waals surface area contributed by atoms with Crippen molar-refractivity contribution in [3.63, 3.8) is 0 Å². The van der Waals surface area contributed by atoms with Crippen LogP contribution in [0.15, 0.2) is 0 Å². The first-order valence-corrected chi connectivity index (χ1v) is 2.11. The van der Waals surface area contributed by atoms with E-state index in [9.17, 15) is 0 Å². The topological polar surface area (TPSA) is 21.3 Å². The Morgan fingerprint density at radius 1 is 2.00 bits per heavy atom. The molecule has 1 rings (SSSR count). The molecule has 1 atom stereocenters. The van der Waals surface area contributed by atoms with Crippen molar-refractivity contribution in [1.82, 2.24) is 5.48 Å². The molecule has 1 radical (unpaired) electrons. The van der Waals surface area contributed by atoms with E-state index in [0.717, 1.165) is 6.54 Å². The largest absolute Gasteiger partial charge is 0.298 e. The molecular formula is C4H8NO. The average Bonchev–Trinajstić information content (AvgIpc) is 1.86. The fraction of sp³-hybridized carbons (Fsp3) is 0.750. The predicted molar refractivity (Wildman–Crippen MR) is 22.8 cm³/mol. The first kappa shape index (κ1) is 4.09. The minimum absolute atomic E-state index is 0.310. The summed E-state index contributed by atoms with van der Waals surface area (Å²) in [6.07, 6.45) is 2.38.